The fourth-order valence-electron chi connectivity index (χ4n) is 1.86. The molecule has 0 unspecified atom stereocenters. The Kier molecular flexibility index (Phi) is 7.63. The van der Waals surface area contributed by atoms with E-state index in [4.69, 9.17) is 0 Å². The van der Waals surface area contributed by atoms with Crippen LogP contribution < -0.4 is 10.9 Å². The molecule has 0 aliphatic rings. The van der Waals surface area contributed by atoms with Crippen LogP contribution in [0.5, 0.6) is 0 Å². The van der Waals surface area contributed by atoms with Gasteiger partial charge in [-0.2, -0.15) is 11.8 Å². The average Bonchev–Trinajstić information content (AvgIpc) is 2.37. The zero-order valence-corrected chi connectivity index (χ0v) is 13.0. The summed E-state index contributed by atoms with van der Waals surface area (Å²) in [5.41, 5.74) is -0.0136. The Hall–Kier alpha value is -0.970. The van der Waals surface area contributed by atoms with Gasteiger partial charge in [-0.05, 0) is 30.8 Å². The summed E-state index contributed by atoms with van der Waals surface area (Å²) in [6, 6.07) is 0. The van der Waals surface area contributed by atoms with Crippen LogP contribution in [-0.2, 0) is 6.54 Å². The molecular weight excluding hydrogens is 258 g/mol. The van der Waals surface area contributed by atoms with E-state index in [0.717, 1.165) is 19.5 Å². The van der Waals surface area contributed by atoms with Gasteiger partial charge in [0.25, 0.3) is 5.56 Å². The van der Waals surface area contributed by atoms with E-state index in [9.17, 15) is 4.79 Å². The van der Waals surface area contributed by atoms with Crippen molar-refractivity contribution < 1.29 is 0 Å². The Balaban J connectivity index is 2.43. The molecule has 4 nitrogen and oxygen atoms in total. The maximum Gasteiger partial charge on any atom is 0.293 e. The van der Waals surface area contributed by atoms with Gasteiger partial charge in [0.2, 0.25) is 0 Å². The van der Waals surface area contributed by atoms with Crippen molar-refractivity contribution in [2.24, 2.45) is 5.92 Å². The van der Waals surface area contributed by atoms with E-state index < -0.39 is 0 Å². The Labute approximate surface area is 120 Å². The second kappa shape index (κ2) is 9.02. The molecule has 108 valence electrons. The first-order chi connectivity index (χ1) is 9.15. The van der Waals surface area contributed by atoms with Crippen molar-refractivity contribution in [2.45, 2.75) is 39.7 Å². The van der Waals surface area contributed by atoms with Crippen molar-refractivity contribution >= 4 is 17.6 Å². The zero-order valence-electron chi connectivity index (χ0n) is 12.2. The number of thioether (sulfide) groups is 1. The summed E-state index contributed by atoms with van der Waals surface area (Å²) in [6.07, 6.45) is 9.10. The summed E-state index contributed by atoms with van der Waals surface area (Å²) in [4.78, 5) is 16.2. The monoisotopic (exact) mass is 283 g/mol. The van der Waals surface area contributed by atoms with E-state index in [-0.39, 0.29) is 5.56 Å². The summed E-state index contributed by atoms with van der Waals surface area (Å²) in [6.45, 7) is 5.77. The summed E-state index contributed by atoms with van der Waals surface area (Å²) in [5.74, 6) is 2.15. The van der Waals surface area contributed by atoms with Gasteiger partial charge in [-0.25, -0.2) is 4.98 Å². The normalized spacial score (nSPS) is 10.9. The molecule has 0 amide bonds. The highest BCUT2D eigenvalue weighted by Gasteiger charge is 2.05. The molecule has 19 heavy (non-hydrogen) atoms. The Morgan fingerprint density at radius 3 is 2.84 bits per heavy atom. The third-order valence-electron chi connectivity index (χ3n) is 2.79. The van der Waals surface area contributed by atoms with Crippen molar-refractivity contribution in [2.75, 3.05) is 23.9 Å². The predicted octanol–water partition coefficient (Wildman–Crippen LogP) is 2.84. The molecule has 1 rings (SSSR count). The van der Waals surface area contributed by atoms with Crippen LogP contribution in [0.2, 0.25) is 0 Å². The molecule has 0 aliphatic carbocycles. The third-order valence-corrected chi connectivity index (χ3v) is 3.49. The minimum Gasteiger partial charge on any atom is -0.365 e. The molecule has 1 N–H and O–H groups in total. The lowest BCUT2D eigenvalue weighted by molar-refractivity contribution is 0.509. The minimum atomic E-state index is -0.0136. The lowest BCUT2D eigenvalue weighted by Gasteiger charge is -2.10. The largest absolute Gasteiger partial charge is 0.365 e. The first-order valence-corrected chi connectivity index (χ1v) is 8.32. The smallest absolute Gasteiger partial charge is 0.293 e. The second-order valence-corrected chi connectivity index (χ2v) is 6.09. The van der Waals surface area contributed by atoms with Crippen LogP contribution in [-0.4, -0.2) is 28.1 Å². The lowest BCUT2D eigenvalue weighted by Crippen LogP contribution is -2.26. The number of nitrogens with one attached hydrogen (secondary N) is 1. The molecule has 0 radical (unpaired) electrons. The van der Waals surface area contributed by atoms with Crippen LogP contribution >= 0.6 is 11.8 Å². The quantitative estimate of drug-likeness (QED) is 0.708. The number of nitrogens with zero attached hydrogens (tertiary/aromatic N) is 2. The molecule has 0 atom stereocenters. The first kappa shape index (κ1) is 16.1. The van der Waals surface area contributed by atoms with Gasteiger partial charge < -0.3 is 9.88 Å². The van der Waals surface area contributed by atoms with Gasteiger partial charge in [0, 0.05) is 25.5 Å². The van der Waals surface area contributed by atoms with Crippen LogP contribution in [0, 0.1) is 5.92 Å². The van der Waals surface area contributed by atoms with Gasteiger partial charge in [-0.3, -0.25) is 4.79 Å². The van der Waals surface area contributed by atoms with Crippen LogP contribution in [0.4, 0.5) is 5.82 Å². The summed E-state index contributed by atoms with van der Waals surface area (Å²) >= 11 is 1.88. The second-order valence-electron chi connectivity index (χ2n) is 5.11. The number of unbranched alkanes of at least 4 members (excludes halogenated alkanes) is 2. The lowest BCUT2D eigenvalue weighted by atomic mass is 10.2. The van der Waals surface area contributed by atoms with Crippen LogP contribution in [0.25, 0.3) is 0 Å². The zero-order chi connectivity index (χ0) is 14.1. The maximum atomic E-state index is 12.1. The summed E-state index contributed by atoms with van der Waals surface area (Å²) in [7, 11) is 0. The van der Waals surface area contributed by atoms with Crippen molar-refractivity contribution in [1.29, 1.82) is 0 Å². The SMILES string of the molecule is CSCCCCCNc1nccn(CC(C)C)c1=O. The fraction of sp³-hybridized carbons (Fsp3) is 0.714. The third kappa shape index (κ3) is 6.14. The molecular formula is C14H25N3OS. The maximum absolute atomic E-state index is 12.1. The van der Waals surface area contributed by atoms with Gasteiger partial charge in [0.15, 0.2) is 5.82 Å². The molecule has 5 heteroatoms. The van der Waals surface area contributed by atoms with E-state index in [2.05, 4.69) is 30.4 Å². The van der Waals surface area contributed by atoms with Crippen molar-refractivity contribution in [3.63, 3.8) is 0 Å². The van der Waals surface area contributed by atoms with Crippen molar-refractivity contribution in [3.05, 3.63) is 22.7 Å². The van der Waals surface area contributed by atoms with Gasteiger partial charge in [-0.1, -0.05) is 20.3 Å². The Bertz CT molecular complexity index is 417. The van der Waals surface area contributed by atoms with E-state index in [1.807, 2.05) is 11.8 Å². The molecule has 0 fully saturated rings. The minimum absolute atomic E-state index is 0.0136. The summed E-state index contributed by atoms with van der Waals surface area (Å²) in [5, 5.41) is 3.15. The molecule has 0 saturated heterocycles. The van der Waals surface area contributed by atoms with Crippen LogP contribution in [0.3, 0.4) is 0 Å². The molecule has 1 aromatic rings. The van der Waals surface area contributed by atoms with Crippen molar-refractivity contribution in [1.82, 2.24) is 9.55 Å². The predicted molar refractivity (Wildman–Crippen MR) is 84.1 cm³/mol. The van der Waals surface area contributed by atoms with Crippen LogP contribution in [0.15, 0.2) is 17.2 Å². The Morgan fingerprint density at radius 2 is 2.16 bits per heavy atom. The number of anilines is 1. The topological polar surface area (TPSA) is 46.9 Å². The average molecular weight is 283 g/mol. The highest BCUT2D eigenvalue weighted by atomic mass is 32.2. The van der Waals surface area contributed by atoms with Crippen molar-refractivity contribution in [3.8, 4) is 0 Å². The van der Waals surface area contributed by atoms with Gasteiger partial charge >= 0.3 is 0 Å². The van der Waals surface area contributed by atoms with Crippen LogP contribution in [0.1, 0.15) is 33.1 Å². The van der Waals surface area contributed by atoms with Gasteiger partial charge in [0.1, 0.15) is 0 Å². The van der Waals surface area contributed by atoms with E-state index in [1.165, 1.54) is 18.6 Å². The highest BCUT2D eigenvalue weighted by molar-refractivity contribution is 7.98. The van der Waals surface area contributed by atoms with Gasteiger partial charge in [-0.15, -0.1) is 0 Å². The number of hydrogen-bond acceptors (Lipinski definition) is 4. The van der Waals surface area contributed by atoms with E-state index in [1.54, 1.807) is 17.0 Å². The fourth-order valence-corrected chi connectivity index (χ4v) is 2.35. The Morgan fingerprint density at radius 1 is 1.37 bits per heavy atom. The highest BCUT2D eigenvalue weighted by Crippen LogP contribution is 2.03. The molecule has 0 saturated carbocycles. The van der Waals surface area contributed by atoms with E-state index in [0.29, 0.717) is 11.7 Å². The number of hydrogen-bond donors (Lipinski definition) is 1. The first-order valence-electron chi connectivity index (χ1n) is 6.93. The summed E-state index contributed by atoms with van der Waals surface area (Å²) < 4.78 is 1.73. The number of rotatable bonds is 9. The molecule has 0 spiro atoms. The standard InChI is InChI=1S/C14H25N3OS/c1-12(2)11-17-9-8-16-13(14(17)18)15-7-5-4-6-10-19-3/h8-9,12H,4-7,10-11H2,1-3H3,(H,15,16). The number of aromatic nitrogens is 2. The molecule has 1 aromatic heterocycles. The molecule has 0 bridgehead atoms. The molecule has 0 aliphatic heterocycles. The van der Waals surface area contributed by atoms with E-state index >= 15 is 0 Å². The molecule has 0 aromatic carbocycles. The molecule has 1 heterocycles. The van der Waals surface area contributed by atoms with Gasteiger partial charge in [0.05, 0.1) is 0 Å².